The molecule has 164 valence electrons. The second kappa shape index (κ2) is 8.89. The molecule has 32 heavy (non-hydrogen) atoms. The molecule has 4 rings (SSSR count). The first kappa shape index (κ1) is 21.1. The Hall–Kier alpha value is -4.19. The lowest BCUT2D eigenvalue weighted by Gasteiger charge is -2.10. The van der Waals surface area contributed by atoms with Crippen molar-refractivity contribution < 1.29 is 23.2 Å². The van der Waals surface area contributed by atoms with E-state index in [4.69, 9.17) is 10.3 Å². The van der Waals surface area contributed by atoms with Gasteiger partial charge in [0.25, 0.3) is 0 Å². The number of amides is 1. The van der Waals surface area contributed by atoms with Gasteiger partial charge in [0.15, 0.2) is 17.5 Å². The Morgan fingerprint density at radius 3 is 2.75 bits per heavy atom. The Labute approximate surface area is 179 Å². The SMILES string of the molecule is NC(=O)C(O)CNc1nc(-c2cc(-c3ccon3)n(Cc3ccccc3F)n2)ncc1F. The topological polar surface area (TPSA) is 145 Å². The molecule has 0 saturated carbocycles. The minimum Gasteiger partial charge on any atom is -0.381 e. The zero-order chi connectivity index (χ0) is 22.7. The molecule has 1 amide bonds. The molecule has 10 nitrogen and oxygen atoms in total. The molecular formula is C20H17F2N7O3. The number of benzene rings is 1. The number of hydrogen-bond donors (Lipinski definition) is 3. The third-order valence-corrected chi connectivity index (χ3v) is 4.52. The highest BCUT2D eigenvalue weighted by Crippen LogP contribution is 2.25. The van der Waals surface area contributed by atoms with Crippen LogP contribution in [0.2, 0.25) is 0 Å². The van der Waals surface area contributed by atoms with E-state index in [0.29, 0.717) is 17.0 Å². The van der Waals surface area contributed by atoms with Crippen molar-refractivity contribution in [2.75, 3.05) is 11.9 Å². The number of anilines is 1. The van der Waals surface area contributed by atoms with Crippen LogP contribution in [0.1, 0.15) is 5.56 Å². The van der Waals surface area contributed by atoms with E-state index >= 15 is 0 Å². The number of nitrogens with two attached hydrogens (primary N) is 1. The average Bonchev–Trinajstić information content (AvgIpc) is 3.44. The minimum atomic E-state index is -1.52. The van der Waals surface area contributed by atoms with Crippen LogP contribution in [0.5, 0.6) is 0 Å². The summed E-state index contributed by atoms with van der Waals surface area (Å²) in [5.74, 6) is -2.35. The number of aliphatic hydroxyl groups excluding tert-OH is 1. The number of carbonyl (C=O) groups excluding carboxylic acids is 1. The number of aliphatic hydroxyl groups is 1. The van der Waals surface area contributed by atoms with Gasteiger partial charge >= 0.3 is 0 Å². The zero-order valence-corrected chi connectivity index (χ0v) is 16.4. The summed E-state index contributed by atoms with van der Waals surface area (Å²) in [5, 5.41) is 20.4. The Kier molecular flexibility index (Phi) is 5.85. The normalized spacial score (nSPS) is 12.0. The number of primary amides is 1. The lowest BCUT2D eigenvalue weighted by Crippen LogP contribution is -2.34. The molecule has 0 aliphatic rings. The summed E-state index contributed by atoms with van der Waals surface area (Å²) in [5.41, 5.74) is 6.60. The van der Waals surface area contributed by atoms with E-state index < -0.39 is 23.6 Å². The maximum atomic E-state index is 14.2. The zero-order valence-electron chi connectivity index (χ0n) is 16.4. The third kappa shape index (κ3) is 4.44. The van der Waals surface area contributed by atoms with Crippen molar-refractivity contribution in [3.05, 3.63) is 66.1 Å². The van der Waals surface area contributed by atoms with Crippen molar-refractivity contribution in [1.29, 1.82) is 0 Å². The molecule has 0 saturated heterocycles. The quantitative estimate of drug-likeness (QED) is 0.374. The van der Waals surface area contributed by atoms with Gasteiger partial charge < -0.3 is 20.7 Å². The highest BCUT2D eigenvalue weighted by Gasteiger charge is 2.19. The third-order valence-electron chi connectivity index (χ3n) is 4.52. The van der Waals surface area contributed by atoms with Gasteiger partial charge in [-0.05, 0) is 12.1 Å². The van der Waals surface area contributed by atoms with Crippen LogP contribution in [-0.4, -0.2) is 48.6 Å². The molecule has 4 N–H and O–H groups in total. The van der Waals surface area contributed by atoms with Crippen molar-refractivity contribution in [2.45, 2.75) is 12.6 Å². The summed E-state index contributed by atoms with van der Waals surface area (Å²) in [6.07, 6.45) is 0.787. The van der Waals surface area contributed by atoms with Crippen LogP contribution in [0, 0.1) is 11.6 Å². The fourth-order valence-electron chi connectivity index (χ4n) is 2.89. The first-order valence-corrected chi connectivity index (χ1v) is 9.38. The van der Waals surface area contributed by atoms with Gasteiger partial charge in [-0.3, -0.25) is 9.48 Å². The molecule has 1 aromatic carbocycles. The van der Waals surface area contributed by atoms with Gasteiger partial charge in [0.2, 0.25) is 5.91 Å². The van der Waals surface area contributed by atoms with Gasteiger partial charge in [-0.2, -0.15) is 5.10 Å². The second-order valence-electron chi connectivity index (χ2n) is 6.74. The van der Waals surface area contributed by atoms with Crippen LogP contribution in [0.25, 0.3) is 22.9 Å². The predicted molar refractivity (Wildman–Crippen MR) is 108 cm³/mol. The van der Waals surface area contributed by atoms with E-state index in [2.05, 4.69) is 25.5 Å². The van der Waals surface area contributed by atoms with Gasteiger partial charge in [-0.15, -0.1) is 0 Å². The lowest BCUT2D eigenvalue weighted by molar-refractivity contribution is -0.125. The summed E-state index contributed by atoms with van der Waals surface area (Å²) < 4.78 is 34.7. The molecule has 3 aromatic heterocycles. The van der Waals surface area contributed by atoms with Crippen molar-refractivity contribution in [2.24, 2.45) is 5.73 Å². The molecule has 0 fully saturated rings. The molecule has 0 radical (unpaired) electrons. The highest BCUT2D eigenvalue weighted by molar-refractivity contribution is 5.79. The number of hydrogen-bond acceptors (Lipinski definition) is 8. The van der Waals surface area contributed by atoms with Crippen molar-refractivity contribution in [3.63, 3.8) is 0 Å². The first-order chi connectivity index (χ1) is 15.4. The summed E-state index contributed by atoms with van der Waals surface area (Å²) in [4.78, 5) is 19.0. The van der Waals surface area contributed by atoms with Gasteiger partial charge in [0.1, 0.15) is 29.6 Å². The van der Waals surface area contributed by atoms with Crippen molar-refractivity contribution >= 4 is 11.7 Å². The number of nitrogens with zero attached hydrogens (tertiary/aromatic N) is 5. The van der Waals surface area contributed by atoms with Gasteiger partial charge in [-0.1, -0.05) is 23.4 Å². The smallest absolute Gasteiger partial charge is 0.248 e. The Bertz CT molecular complexity index is 1240. The molecule has 0 aliphatic heterocycles. The summed E-state index contributed by atoms with van der Waals surface area (Å²) in [6.45, 7) is -0.249. The second-order valence-corrected chi connectivity index (χ2v) is 6.74. The fraction of sp³-hybridized carbons (Fsp3) is 0.150. The lowest BCUT2D eigenvalue weighted by atomic mass is 10.2. The van der Waals surface area contributed by atoms with Gasteiger partial charge in [0.05, 0.1) is 25.0 Å². The van der Waals surface area contributed by atoms with Crippen LogP contribution < -0.4 is 11.1 Å². The van der Waals surface area contributed by atoms with Crippen LogP contribution in [0.4, 0.5) is 14.6 Å². The van der Waals surface area contributed by atoms with Crippen LogP contribution in [0.3, 0.4) is 0 Å². The molecule has 0 aliphatic carbocycles. The molecule has 12 heteroatoms. The van der Waals surface area contributed by atoms with E-state index in [1.165, 1.54) is 17.0 Å². The van der Waals surface area contributed by atoms with E-state index in [9.17, 15) is 18.7 Å². The summed E-state index contributed by atoms with van der Waals surface area (Å²) in [7, 11) is 0. The molecule has 3 heterocycles. The largest absolute Gasteiger partial charge is 0.381 e. The predicted octanol–water partition coefficient (Wildman–Crippen LogP) is 1.58. The summed E-state index contributed by atoms with van der Waals surface area (Å²) in [6, 6.07) is 9.49. The van der Waals surface area contributed by atoms with E-state index in [0.717, 1.165) is 6.20 Å². The fourth-order valence-corrected chi connectivity index (χ4v) is 2.89. The molecule has 1 unspecified atom stereocenters. The Morgan fingerprint density at radius 1 is 1.22 bits per heavy atom. The minimum absolute atomic E-state index is 0.0551. The number of nitrogens with one attached hydrogen (secondary N) is 1. The number of halogens is 2. The highest BCUT2D eigenvalue weighted by atomic mass is 19.1. The van der Waals surface area contributed by atoms with Crippen LogP contribution in [-0.2, 0) is 11.3 Å². The maximum Gasteiger partial charge on any atom is 0.248 e. The van der Waals surface area contributed by atoms with Crippen LogP contribution in [0.15, 0.2) is 53.4 Å². The molecule has 1 atom stereocenters. The van der Waals surface area contributed by atoms with Crippen molar-refractivity contribution in [3.8, 4) is 22.9 Å². The first-order valence-electron chi connectivity index (χ1n) is 9.38. The number of carbonyl (C=O) groups is 1. The van der Waals surface area contributed by atoms with Crippen LogP contribution >= 0.6 is 0 Å². The maximum absolute atomic E-state index is 14.2. The van der Waals surface area contributed by atoms with Crippen molar-refractivity contribution in [1.82, 2.24) is 24.9 Å². The number of aromatic nitrogens is 5. The van der Waals surface area contributed by atoms with Gasteiger partial charge in [-0.25, -0.2) is 18.7 Å². The van der Waals surface area contributed by atoms with E-state index in [1.54, 1.807) is 30.3 Å². The summed E-state index contributed by atoms with van der Waals surface area (Å²) >= 11 is 0. The van der Waals surface area contributed by atoms with Gasteiger partial charge in [0, 0.05) is 11.6 Å². The van der Waals surface area contributed by atoms with E-state index in [1.807, 2.05) is 0 Å². The molecular weight excluding hydrogens is 424 g/mol. The average molecular weight is 441 g/mol. The standard InChI is InChI=1S/C20H17F2N7O3/c21-12-4-2-1-3-11(12)10-29-16(14-5-6-32-28-14)7-15(27-29)20-24-8-13(22)19(26-20)25-9-17(30)18(23)31/h1-8,17,30H,9-10H2,(H2,23,31)(H,24,25,26). The van der Waals surface area contributed by atoms with E-state index in [-0.39, 0.29) is 30.4 Å². The molecule has 4 aromatic rings. The monoisotopic (exact) mass is 441 g/mol. The Balaban J connectivity index is 1.69. The Morgan fingerprint density at radius 2 is 2.03 bits per heavy atom. The molecule has 0 spiro atoms. The molecule has 0 bridgehead atoms. The number of rotatable bonds is 8.